The number of aromatic nitrogens is 1. The lowest BCUT2D eigenvalue weighted by molar-refractivity contribution is 0.0206. The predicted molar refractivity (Wildman–Crippen MR) is 93.9 cm³/mol. The lowest BCUT2D eigenvalue weighted by Crippen LogP contribution is -2.47. The average molecular weight is 332 g/mol. The minimum absolute atomic E-state index is 0.219. The number of nitrogens with one attached hydrogen (secondary N) is 1. The van der Waals surface area contributed by atoms with Crippen molar-refractivity contribution in [3.8, 4) is 0 Å². The van der Waals surface area contributed by atoms with Gasteiger partial charge >= 0.3 is 6.09 Å². The molecule has 0 spiro atoms. The van der Waals surface area contributed by atoms with E-state index >= 15 is 0 Å². The molecule has 1 atom stereocenters. The van der Waals surface area contributed by atoms with E-state index in [-0.39, 0.29) is 12.1 Å². The number of anilines is 1. The lowest BCUT2D eigenvalue weighted by atomic mass is 10.1. The van der Waals surface area contributed by atoms with Crippen LogP contribution < -0.4 is 5.32 Å². The Hall–Kier alpha value is -1.82. The molecule has 2 aliphatic heterocycles. The van der Waals surface area contributed by atoms with Crippen LogP contribution in [0.25, 0.3) is 0 Å². The summed E-state index contributed by atoms with van der Waals surface area (Å²) in [4.78, 5) is 20.9. The van der Waals surface area contributed by atoms with Crippen molar-refractivity contribution in [2.45, 2.75) is 58.3 Å². The van der Waals surface area contributed by atoms with Crippen molar-refractivity contribution in [3.05, 3.63) is 23.4 Å². The summed E-state index contributed by atoms with van der Waals surface area (Å²) in [6.45, 7) is 9.02. The third kappa shape index (κ3) is 3.98. The van der Waals surface area contributed by atoms with Crippen LogP contribution in [0.2, 0.25) is 0 Å². The molecule has 0 radical (unpaired) electrons. The first kappa shape index (κ1) is 17.0. The fourth-order valence-electron chi connectivity index (χ4n) is 3.38. The Morgan fingerprint density at radius 2 is 2.17 bits per heavy atom. The summed E-state index contributed by atoms with van der Waals surface area (Å²) in [6, 6.07) is 2.31. The number of amides is 1. The molecule has 0 saturated carbocycles. The van der Waals surface area contributed by atoms with Crippen LogP contribution in [0, 0.1) is 0 Å². The Kier molecular flexibility index (Phi) is 4.67. The number of hydrogen-bond acceptors (Lipinski definition) is 5. The second-order valence-corrected chi connectivity index (χ2v) is 7.88. The van der Waals surface area contributed by atoms with E-state index < -0.39 is 5.60 Å². The number of carbonyl (C=O) groups is 1. The van der Waals surface area contributed by atoms with E-state index in [9.17, 15) is 4.79 Å². The van der Waals surface area contributed by atoms with Crippen molar-refractivity contribution in [1.82, 2.24) is 14.8 Å². The highest BCUT2D eigenvalue weighted by atomic mass is 16.6. The summed E-state index contributed by atoms with van der Waals surface area (Å²) in [5, 5.41) is 3.56. The van der Waals surface area contributed by atoms with Gasteiger partial charge in [-0.2, -0.15) is 0 Å². The summed E-state index contributed by atoms with van der Waals surface area (Å²) >= 11 is 0. The monoisotopic (exact) mass is 332 g/mol. The SMILES string of the molecule is CN1Cc2ccnc(N[C@@H]3CCCN(C(=O)OC(C)(C)C)C3)c2C1. The van der Waals surface area contributed by atoms with Crippen LogP contribution in [0.3, 0.4) is 0 Å². The molecule has 3 heterocycles. The van der Waals surface area contributed by atoms with Gasteiger partial charge in [-0.25, -0.2) is 9.78 Å². The Labute approximate surface area is 144 Å². The number of nitrogens with zero attached hydrogens (tertiary/aromatic N) is 3. The van der Waals surface area contributed by atoms with Crippen molar-refractivity contribution in [3.63, 3.8) is 0 Å². The maximum atomic E-state index is 12.3. The van der Waals surface area contributed by atoms with E-state index in [4.69, 9.17) is 4.74 Å². The molecule has 0 aromatic carbocycles. The van der Waals surface area contributed by atoms with Gasteiger partial charge in [-0.15, -0.1) is 0 Å². The minimum atomic E-state index is -0.455. The van der Waals surface area contributed by atoms with Crippen LogP contribution in [-0.4, -0.2) is 52.7 Å². The Morgan fingerprint density at radius 1 is 1.38 bits per heavy atom. The fourth-order valence-corrected chi connectivity index (χ4v) is 3.38. The van der Waals surface area contributed by atoms with Gasteiger partial charge in [-0.05, 0) is 52.3 Å². The molecule has 1 aromatic rings. The highest BCUT2D eigenvalue weighted by molar-refractivity contribution is 5.68. The molecule has 0 unspecified atom stereocenters. The summed E-state index contributed by atoms with van der Waals surface area (Å²) in [6.07, 6.45) is 3.67. The maximum Gasteiger partial charge on any atom is 0.410 e. The van der Waals surface area contributed by atoms with Crippen LogP contribution in [0.4, 0.5) is 10.6 Å². The van der Waals surface area contributed by atoms with E-state index in [1.54, 1.807) is 0 Å². The molecule has 0 aliphatic carbocycles. The summed E-state index contributed by atoms with van der Waals surface area (Å²) < 4.78 is 5.50. The Bertz CT molecular complexity index is 612. The van der Waals surface area contributed by atoms with Crippen molar-refractivity contribution in [2.75, 3.05) is 25.5 Å². The van der Waals surface area contributed by atoms with Crippen molar-refractivity contribution >= 4 is 11.9 Å². The van der Waals surface area contributed by atoms with Crippen LogP contribution in [0.15, 0.2) is 12.3 Å². The molecule has 132 valence electrons. The summed E-state index contributed by atoms with van der Waals surface area (Å²) in [5.41, 5.74) is 2.17. The first-order valence-corrected chi connectivity index (χ1v) is 8.71. The van der Waals surface area contributed by atoms with Gasteiger partial charge in [-0.3, -0.25) is 4.90 Å². The van der Waals surface area contributed by atoms with Gasteiger partial charge in [0.25, 0.3) is 0 Å². The third-order valence-corrected chi connectivity index (χ3v) is 4.44. The van der Waals surface area contributed by atoms with Gasteiger partial charge in [0, 0.05) is 44.0 Å². The van der Waals surface area contributed by atoms with Crippen molar-refractivity contribution in [2.24, 2.45) is 0 Å². The van der Waals surface area contributed by atoms with Gasteiger partial charge in [0.15, 0.2) is 0 Å². The second-order valence-electron chi connectivity index (χ2n) is 7.88. The molecule has 6 heteroatoms. The maximum absolute atomic E-state index is 12.3. The molecule has 1 aromatic heterocycles. The molecule has 0 bridgehead atoms. The van der Waals surface area contributed by atoms with Crippen LogP contribution in [0.1, 0.15) is 44.7 Å². The molecule has 24 heavy (non-hydrogen) atoms. The topological polar surface area (TPSA) is 57.7 Å². The van der Waals surface area contributed by atoms with E-state index in [0.717, 1.165) is 38.3 Å². The number of pyridine rings is 1. The first-order valence-electron chi connectivity index (χ1n) is 8.71. The van der Waals surface area contributed by atoms with Crippen LogP contribution >= 0.6 is 0 Å². The number of piperidine rings is 1. The van der Waals surface area contributed by atoms with Crippen molar-refractivity contribution < 1.29 is 9.53 Å². The van der Waals surface area contributed by atoms with Crippen LogP contribution in [-0.2, 0) is 17.8 Å². The van der Waals surface area contributed by atoms with Gasteiger partial charge in [0.1, 0.15) is 11.4 Å². The van der Waals surface area contributed by atoms with Gasteiger partial charge in [-0.1, -0.05) is 0 Å². The minimum Gasteiger partial charge on any atom is -0.444 e. The Balaban J connectivity index is 1.65. The number of fused-ring (bicyclic) bond motifs is 1. The average Bonchev–Trinajstić information content (AvgIpc) is 2.87. The van der Waals surface area contributed by atoms with E-state index in [1.807, 2.05) is 31.9 Å². The number of rotatable bonds is 2. The molecular formula is C18H28N4O2. The predicted octanol–water partition coefficient (Wildman–Crippen LogP) is 2.84. The number of hydrogen-bond donors (Lipinski definition) is 1. The highest BCUT2D eigenvalue weighted by Crippen LogP contribution is 2.28. The molecule has 1 fully saturated rings. The molecule has 1 N–H and O–H groups in total. The van der Waals surface area contributed by atoms with Gasteiger partial charge in [0.05, 0.1) is 0 Å². The largest absolute Gasteiger partial charge is 0.444 e. The Morgan fingerprint density at radius 3 is 2.92 bits per heavy atom. The zero-order valence-corrected chi connectivity index (χ0v) is 15.1. The van der Waals surface area contributed by atoms with E-state index in [1.165, 1.54) is 11.1 Å². The number of carbonyl (C=O) groups excluding carboxylic acids is 1. The third-order valence-electron chi connectivity index (χ3n) is 4.44. The summed E-state index contributed by atoms with van der Waals surface area (Å²) in [7, 11) is 2.12. The molecular weight excluding hydrogens is 304 g/mol. The van der Waals surface area contributed by atoms with Crippen molar-refractivity contribution in [1.29, 1.82) is 0 Å². The molecule has 2 aliphatic rings. The number of ether oxygens (including phenoxy) is 1. The quantitative estimate of drug-likeness (QED) is 0.902. The number of likely N-dealkylation sites (tertiary alicyclic amines) is 1. The molecule has 1 saturated heterocycles. The molecule has 6 nitrogen and oxygen atoms in total. The van der Waals surface area contributed by atoms with Gasteiger partial charge < -0.3 is 15.0 Å². The fraction of sp³-hybridized carbons (Fsp3) is 0.667. The first-order chi connectivity index (χ1) is 11.3. The zero-order valence-electron chi connectivity index (χ0n) is 15.1. The normalized spacial score (nSPS) is 21.5. The zero-order chi connectivity index (χ0) is 17.3. The van der Waals surface area contributed by atoms with Crippen LogP contribution in [0.5, 0.6) is 0 Å². The smallest absolute Gasteiger partial charge is 0.410 e. The lowest BCUT2D eigenvalue weighted by Gasteiger charge is -2.34. The summed E-state index contributed by atoms with van der Waals surface area (Å²) in [5.74, 6) is 0.966. The molecule has 3 rings (SSSR count). The van der Waals surface area contributed by atoms with Gasteiger partial charge in [0.2, 0.25) is 0 Å². The van der Waals surface area contributed by atoms with E-state index in [0.29, 0.717) is 6.54 Å². The highest BCUT2D eigenvalue weighted by Gasteiger charge is 2.29. The standard InChI is InChI=1S/C18H28N4O2/c1-18(2,3)24-17(23)22-9-5-6-14(11-22)20-16-15-12-21(4)10-13(15)7-8-19-16/h7-8,14H,5-6,9-12H2,1-4H3,(H,19,20)/t14-/m1/s1. The van der Waals surface area contributed by atoms with E-state index in [2.05, 4.69) is 28.3 Å². The second kappa shape index (κ2) is 6.59. The molecule has 1 amide bonds.